The van der Waals surface area contributed by atoms with Crippen LogP contribution in [0.25, 0.3) is 0 Å². The first-order chi connectivity index (χ1) is 9.81. The molecule has 0 aromatic carbocycles. The summed E-state index contributed by atoms with van der Waals surface area (Å²) in [4.78, 5) is 0. The summed E-state index contributed by atoms with van der Waals surface area (Å²) in [6.07, 6.45) is -10.2. The minimum absolute atomic E-state index is 0.392. The molecule has 0 spiro atoms. The zero-order valence-corrected chi connectivity index (χ0v) is 13.7. The Labute approximate surface area is 133 Å². The van der Waals surface area contributed by atoms with Gasteiger partial charge in [-0.2, -0.15) is 0 Å². The summed E-state index contributed by atoms with van der Waals surface area (Å²) in [6, 6.07) is 0. The fourth-order valence-electron chi connectivity index (χ4n) is 1.68. The lowest BCUT2D eigenvalue weighted by Gasteiger charge is -2.33. The number of aliphatic hydroxyl groups excluding tert-OH is 7. The molecule has 21 heavy (non-hydrogen) atoms. The van der Waals surface area contributed by atoms with E-state index in [9.17, 15) is 30.6 Å². The summed E-state index contributed by atoms with van der Waals surface area (Å²) in [5, 5.41) is 67.0. The number of hydrogen-bond donors (Lipinski definition) is 7. The molecular weight excluding hydrogens is 320 g/mol. The fourth-order valence-corrected chi connectivity index (χ4v) is 4.25. The second-order valence-electron chi connectivity index (χ2n) is 4.48. The van der Waals surface area contributed by atoms with Crippen molar-refractivity contribution < 1.29 is 35.7 Å². The third-order valence-corrected chi connectivity index (χ3v) is 5.62. The summed E-state index contributed by atoms with van der Waals surface area (Å²) in [7, 11) is 0. The highest BCUT2D eigenvalue weighted by molar-refractivity contribution is 8.17. The topological polar surface area (TPSA) is 142 Å². The Balaban J connectivity index is 4.75. The lowest BCUT2D eigenvalue weighted by atomic mass is 9.97. The molecule has 0 fully saturated rings. The first kappa shape index (κ1) is 21.4. The molecule has 6 atom stereocenters. The van der Waals surface area contributed by atoms with Crippen molar-refractivity contribution in [3.05, 3.63) is 0 Å². The Kier molecular flexibility index (Phi) is 11.3. The molecule has 7 N–H and O–H groups in total. The van der Waals surface area contributed by atoms with Crippen molar-refractivity contribution in [2.45, 2.75) is 55.1 Å². The lowest BCUT2D eigenvalue weighted by molar-refractivity contribution is -0.155. The molecule has 0 aromatic rings. The van der Waals surface area contributed by atoms with Crippen LogP contribution in [0.1, 0.15) is 13.8 Å². The van der Waals surface area contributed by atoms with Crippen molar-refractivity contribution in [1.82, 2.24) is 0 Å². The monoisotopic (exact) mass is 346 g/mol. The number of aliphatic hydroxyl groups is 7. The highest BCUT2D eigenvalue weighted by Crippen LogP contribution is 2.29. The van der Waals surface area contributed by atoms with E-state index in [1.54, 1.807) is 0 Å². The predicted molar refractivity (Wildman–Crippen MR) is 83.2 cm³/mol. The van der Waals surface area contributed by atoms with Gasteiger partial charge in [-0.1, -0.05) is 13.8 Å². The third kappa shape index (κ3) is 6.59. The van der Waals surface area contributed by atoms with Gasteiger partial charge in [0.15, 0.2) is 0 Å². The van der Waals surface area contributed by atoms with E-state index in [1.807, 2.05) is 13.8 Å². The number of rotatable bonds is 11. The molecule has 0 unspecified atom stereocenters. The normalized spacial score (nSPS) is 20.9. The zero-order chi connectivity index (χ0) is 16.6. The van der Waals surface area contributed by atoms with Gasteiger partial charge in [0.1, 0.15) is 36.6 Å². The van der Waals surface area contributed by atoms with Crippen LogP contribution in [0.3, 0.4) is 0 Å². The van der Waals surface area contributed by atoms with Gasteiger partial charge in [0.25, 0.3) is 0 Å². The average Bonchev–Trinajstić information content (AvgIpc) is 2.50. The van der Waals surface area contributed by atoms with Crippen molar-refractivity contribution in [2.75, 3.05) is 18.1 Å². The maximum Gasteiger partial charge on any atom is 0.111 e. The van der Waals surface area contributed by atoms with Gasteiger partial charge >= 0.3 is 0 Å². The minimum atomic E-state index is -1.89. The summed E-state index contributed by atoms with van der Waals surface area (Å²) in [5.41, 5.74) is 0. The summed E-state index contributed by atoms with van der Waals surface area (Å²) in [6.45, 7) is 2.98. The van der Waals surface area contributed by atoms with Crippen molar-refractivity contribution in [3.8, 4) is 0 Å². The van der Waals surface area contributed by atoms with Gasteiger partial charge in [-0.05, 0) is 11.5 Å². The number of thioether (sulfide) groups is 2. The SMILES string of the molecule is CCSC(SCC)[C@H](O)[C@H](O)[C@H](O)[C@H](O)[C@H](O)[C@H](O)CO. The van der Waals surface area contributed by atoms with Crippen LogP contribution in [0, 0.1) is 0 Å². The first-order valence-electron chi connectivity index (χ1n) is 6.74. The molecule has 0 amide bonds. The van der Waals surface area contributed by atoms with Crippen LogP contribution in [0.5, 0.6) is 0 Å². The predicted octanol–water partition coefficient (Wildman–Crippen LogP) is -2.02. The van der Waals surface area contributed by atoms with E-state index in [1.165, 1.54) is 23.5 Å². The molecule has 128 valence electrons. The fraction of sp³-hybridized carbons (Fsp3) is 1.00. The van der Waals surface area contributed by atoms with Crippen LogP contribution in [0.2, 0.25) is 0 Å². The van der Waals surface area contributed by atoms with Crippen molar-refractivity contribution in [3.63, 3.8) is 0 Å². The van der Waals surface area contributed by atoms with Gasteiger partial charge in [-0.15, -0.1) is 23.5 Å². The Morgan fingerprint density at radius 3 is 1.43 bits per heavy atom. The van der Waals surface area contributed by atoms with Crippen molar-refractivity contribution in [1.29, 1.82) is 0 Å². The van der Waals surface area contributed by atoms with E-state index in [0.29, 0.717) is 11.5 Å². The summed E-state index contributed by atoms with van der Waals surface area (Å²) >= 11 is 2.79. The van der Waals surface area contributed by atoms with Crippen LogP contribution < -0.4 is 0 Å². The molecule has 0 aliphatic carbocycles. The summed E-state index contributed by atoms with van der Waals surface area (Å²) < 4.78 is -0.392. The molecule has 0 rings (SSSR count). The van der Waals surface area contributed by atoms with E-state index in [-0.39, 0.29) is 0 Å². The molecule has 7 nitrogen and oxygen atoms in total. The van der Waals surface area contributed by atoms with Gasteiger partial charge in [-0.3, -0.25) is 0 Å². The second kappa shape index (κ2) is 11.0. The molecule has 0 aromatic heterocycles. The Morgan fingerprint density at radius 2 is 1.05 bits per heavy atom. The first-order valence-corrected chi connectivity index (χ1v) is 8.83. The molecule has 0 radical (unpaired) electrons. The van der Waals surface area contributed by atoms with Gasteiger partial charge in [0, 0.05) is 0 Å². The van der Waals surface area contributed by atoms with Crippen LogP contribution in [0.4, 0.5) is 0 Å². The van der Waals surface area contributed by atoms with Gasteiger partial charge in [0.2, 0.25) is 0 Å². The standard InChI is InChI=1S/C12H26O7S2/c1-3-20-12(21-4-2)11(19)10(18)9(17)8(16)7(15)6(14)5-13/h6-19H,3-5H2,1-2H3/t6-,7-,8-,9-,10-,11-/m1/s1. The molecular formula is C12H26O7S2. The lowest BCUT2D eigenvalue weighted by Crippen LogP contribution is -2.54. The maximum absolute atomic E-state index is 10.1. The molecule has 0 saturated carbocycles. The second-order valence-corrected chi connectivity index (χ2v) is 7.62. The molecule has 0 saturated heterocycles. The van der Waals surface area contributed by atoms with E-state index in [0.717, 1.165) is 0 Å². The van der Waals surface area contributed by atoms with Gasteiger partial charge < -0.3 is 35.7 Å². The number of hydrogen-bond acceptors (Lipinski definition) is 9. The molecule has 0 aliphatic rings. The largest absolute Gasteiger partial charge is 0.394 e. The van der Waals surface area contributed by atoms with E-state index in [2.05, 4.69) is 0 Å². The average molecular weight is 346 g/mol. The summed E-state index contributed by atoms with van der Waals surface area (Å²) in [5.74, 6) is 1.40. The highest BCUT2D eigenvalue weighted by Gasteiger charge is 2.39. The van der Waals surface area contributed by atoms with Crippen molar-refractivity contribution in [2.24, 2.45) is 0 Å². The van der Waals surface area contributed by atoms with Crippen molar-refractivity contribution >= 4 is 23.5 Å². The molecule has 9 heteroatoms. The minimum Gasteiger partial charge on any atom is -0.394 e. The maximum atomic E-state index is 10.1. The van der Waals surface area contributed by atoms with Crippen LogP contribution in [-0.2, 0) is 0 Å². The Morgan fingerprint density at radius 1 is 0.667 bits per heavy atom. The van der Waals surface area contributed by atoms with Crippen LogP contribution in [-0.4, -0.2) is 95.1 Å². The quantitative estimate of drug-likeness (QED) is 0.211. The smallest absolute Gasteiger partial charge is 0.111 e. The van der Waals surface area contributed by atoms with E-state index >= 15 is 0 Å². The third-order valence-electron chi connectivity index (χ3n) is 2.92. The van der Waals surface area contributed by atoms with Gasteiger partial charge in [-0.25, -0.2) is 0 Å². The Bertz CT molecular complexity index is 266. The van der Waals surface area contributed by atoms with E-state index in [4.69, 9.17) is 5.11 Å². The molecule has 0 heterocycles. The molecule has 0 aliphatic heterocycles. The molecule has 0 bridgehead atoms. The highest BCUT2D eigenvalue weighted by atomic mass is 32.2. The van der Waals surface area contributed by atoms with Crippen LogP contribution >= 0.6 is 23.5 Å². The Hall–Kier alpha value is 0.420. The van der Waals surface area contributed by atoms with Gasteiger partial charge in [0.05, 0.1) is 11.2 Å². The zero-order valence-electron chi connectivity index (χ0n) is 12.1. The van der Waals surface area contributed by atoms with E-state index < -0.39 is 47.8 Å². The van der Waals surface area contributed by atoms with Crippen LogP contribution in [0.15, 0.2) is 0 Å².